The second-order valence-corrected chi connectivity index (χ2v) is 14.0. The van der Waals surface area contributed by atoms with Crippen LogP contribution in [-0.4, -0.2) is 70.9 Å². The van der Waals surface area contributed by atoms with Crippen molar-refractivity contribution in [1.82, 2.24) is 35.2 Å². The van der Waals surface area contributed by atoms with Crippen molar-refractivity contribution in [3.63, 3.8) is 0 Å². The zero-order chi connectivity index (χ0) is 36.4. The van der Waals surface area contributed by atoms with E-state index in [1.54, 1.807) is 31.0 Å². The highest BCUT2D eigenvalue weighted by Crippen LogP contribution is 2.42. The Morgan fingerprint density at radius 1 is 0.981 bits per heavy atom. The van der Waals surface area contributed by atoms with E-state index in [-0.39, 0.29) is 29.3 Å². The van der Waals surface area contributed by atoms with E-state index in [1.165, 1.54) is 0 Å². The molecule has 13 heteroatoms. The topological polar surface area (TPSA) is 130 Å². The van der Waals surface area contributed by atoms with Gasteiger partial charge in [-0.1, -0.05) is 65.7 Å². The summed E-state index contributed by atoms with van der Waals surface area (Å²) in [5.41, 5.74) is 6.29. The minimum Gasteiger partial charge on any atom is -0.481 e. The van der Waals surface area contributed by atoms with Crippen LogP contribution in [0.1, 0.15) is 30.4 Å². The highest BCUT2D eigenvalue weighted by Gasteiger charge is 2.28. The van der Waals surface area contributed by atoms with Gasteiger partial charge in [0.1, 0.15) is 5.65 Å². The Balaban J connectivity index is 1.12. The number of pyridine rings is 2. The first-order valence-corrected chi connectivity index (χ1v) is 18.1. The number of hydrogen-bond donors (Lipinski definition) is 3. The van der Waals surface area contributed by atoms with Gasteiger partial charge in [-0.25, -0.2) is 9.97 Å². The molecule has 3 N–H and O–H groups in total. The predicted molar refractivity (Wildman–Crippen MR) is 202 cm³/mol. The molecule has 0 spiro atoms. The Morgan fingerprint density at radius 2 is 1.73 bits per heavy atom. The van der Waals surface area contributed by atoms with Crippen LogP contribution < -0.4 is 26.2 Å². The maximum absolute atomic E-state index is 13.4. The molecule has 2 fully saturated rings. The fourth-order valence-corrected chi connectivity index (χ4v) is 7.73. The van der Waals surface area contributed by atoms with Gasteiger partial charge in [0.2, 0.25) is 17.7 Å². The van der Waals surface area contributed by atoms with Gasteiger partial charge in [0, 0.05) is 85.9 Å². The predicted octanol–water partition coefficient (Wildman–Crippen LogP) is 5.34. The molecule has 5 aromatic rings. The Bertz CT molecular complexity index is 2230. The number of ether oxygens (including phenoxy) is 1. The van der Waals surface area contributed by atoms with Gasteiger partial charge < -0.3 is 20.7 Å². The average Bonchev–Trinajstić information content (AvgIpc) is 3.81. The van der Waals surface area contributed by atoms with Gasteiger partial charge in [-0.05, 0) is 43.1 Å². The van der Waals surface area contributed by atoms with Crippen LogP contribution in [-0.2, 0) is 22.7 Å². The van der Waals surface area contributed by atoms with E-state index in [2.05, 4.69) is 25.8 Å². The van der Waals surface area contributed by atoms with Crippen LogP contribution in [0.25, 0.3) is 39.2 Å². The summed E-state index contributed by atoms with van der Waals surface area (Å²) >= 11 is 14.2. The number of likely N-dealkylation sites (tertiary alicyclic amines) is 1. The largest absolute Gasteiger partial charge is 0.481 e. The zero-order valence-corrected chi connectivity index (χ0v) is 30.4. The quantitative estimate of drug-likeness (QED) is 0.166. The highest BCUT2D eigenvalue weighted by atomic mass is 35.5. The lowest BCUT2D eigenvalue weighted by atomic mass is 9.97. The number of aromatic nitrogens is 3. The van der Waals surface area contributed by atoms with E-state index < -0.39 is 0 Å². The summed E-state index contributed by atoms with van der Waals surface area (Å²) in [6, 6.07) is 19.3. The van der Waals surface area contributed by atoms with Crippen LogP contribution in [0.5, 0.6) is 5.88 Å². The first-order chi connectivity index (χ1) is 25.2. The normalized spacial score (nSPS) is 17.4. The molecule has 2 aliphatic heterocycles. The van der Waals surface area contributed by atoms with Crippen molar-refractivity contribution in [3.8, 4) is 39.4 Å². The summed E-state index contributed by atoms with van der Waals surface area (Å²) in [6.45, 7) is 3.00. The van der Waals surface area contributed by atoms with Crippen LogP contribution in [0.2, 0.25) is 10.0 Å². The highest BCUT2D eigenvalue weighted by molar-refractivity contribution is 6.39. The van der Waals surface area contributed by atoms with Crippen molar-refractivity contribution in [2.24, 2.45) is 5.92 Å². The lowest BCUT2D eigenvalue weighted by Crippen LogP contribution is -2.35. The van der Waals surface area contributed by atoms with Gasteiger partial charge in [-0.15, -0.1) is 0 Å². The maximum atomic E-state index is 13.4. The lowest BCUT2D eigenvalue weighted by molar-refractivity contribution is -0.124. The minimum absolute atomic E-state index is 0.0298. The third kappa shape index (κ3) is 7.27. The molecule has 3 aromatic heterocycles. The molecule has 7 rings (SSSR count). The number of benzene rings is 2. The van der Waals surface area contributed by atoms with E-state index in [1.807, 2.05) is 60.7 Å². The minimum atomic E-state index is -0.142. The molecule has 52 heavy (non-hydrogen) atoms. The van der Waals surface area contributed by atoms with Crippen molar-refractivity contribution in [3.05, 3.63) is 105 Å². The molecule has 2 atom stereocenters. The summed E-state index contributed by atoms with van der Waals surface area (Å²) in [5, 5.41) is 10.1. The van der Waals surface area contributed by atoms with E-state index in [9.17, 15) is 14.4 Å². The van der Waals surface area contributed by atoms with Crippen LogP contribution >= 0.6 is 23.2 Å². The summed E-state index contributed by atoms with van der Waals surface area (Å²) in [5.74, 6) is 0.543. The van der Waals surface area contributed by atoms with Gasteiger partial charge in [0.15, 0.2) is 0 Å². The number of amides is 2. The molecule has 2 aromatic carbocycles. The van der Waals surface area contributed by atoms with Gasteiger partial charge >= 0.3 is 0 Å². The van der Waals surface area contributed by atoms with Crippen LogP contribution in [0, 0.1) is 5.92 Å². The third-order valence-corrected chi connectivity index (χ3v) is 10.7. The fraction of sp³-hybridized carbons (Fsp3) is 0.308. The van der Waals surface area contributed by atoms with E-state index in [0.717, 1.165) is 52.8 Å². The molecular weight excluding hydrogens is 701 g/mol. The standard InChI is InChI=1S/C39H39Cl2N7O4/c1-42-37(50)25-13-15-47(21-25)22-26-19-44-33-17-23(14-16-48(33)39(26)51)28-5-3-6-29(35(28)40)30-7-4-8-31(36(30)41)32-11-9-24(38(46-32)52-2)18-43-20-27-10-12-34(49)45-27/h3-9,11,14,16-17,19,25,27,43H,10,12-13,15,18,20-22H2,1-2H3,(H,42,50)(H,45,49)/t25-,27+/m0/s1. The second-order valence-electron chi connectivity index (χ2n) is 13.2. The number of halogens is 2. The molecule has 0 saturated carbocycles. The van der Waals surface area contributed by atoms with Gasteiger partial charge in [-0.2, -0.15) is 0 Å². The monoisotopic (exact) mass is 739 g/mol. The summed E-state index contributed by atoms with van der Waals surface area (Å²) in [6.07, 6.45) is 5.51. The molecule has 0 unspecified atom stereocenters. The number of rotatable bonds is 11. The summed E-state index contributed by atoms with van der Waals surface area (Å²) in [4.78, 5) is 48.6. The molecular formula is C39H39Cl2N7O4. The van der Waals surface area contributed by atoms with Gasteiger partial charge in [0.25, 0.3) is 5.56 Å². The maximum Gasteiger partial charge on any atom is 0.262 e. The number of nitrogens with zero attached hydrogens (tertiary/aromatic N) is 4. The van der Waals surface area contributed by atoms with E-state index >= 15 is 0 Å². The zero-order valence-electron chi connectivity index (χ0n) is 28.9. The number of fused-ring (bicyclic) bond motifs is 1. The van der Waals surface area contributed by atoms with E-state index in [4.69, 9.17) is 32.9 Å². The number of hydrogen-bond acceptors (Lipinski definition) is 8. The number of carbonyl (C=O) groups is 2. The first kappa shape index (κ1) is 35.6. The van der Waals surface area contributed by atoms with E-state index in [0.29, 0.717) is 65.4 Å². The fourth-order valence-electron chi connectivity index (χ4n) is 7.07. The Hall–Kier alpha value is -4.81. The number of methoxy groups -OCH3 is 1. The lowest BCUT2D eigenvalue weighted by Gasteiger charge is -2.16. The Labute approximate surface area is 311 Å². The summed E-state index contributed by atoms with van der Waals surface area (Å²) < 4.78 is 7.19. The van der Waals surface area contributed by atoms with Crippen molar-refractivity contribution in [2.75, 3.05) is 33.8 Å². The molecule has 268 valence electrons. The molecule has 2 saturated heterocycles. The molecule has 0 bridgehead atoms. The molecule has 0 aliphatic carbocycles. The Morgan fingerprint density at radius 3 is 2.46 bits per heavy atom. The second kappa shape index (κ2) is 15.4. The average molecular weight is 741 g/mol. The molecule has 11 nitrogen and oxygen atoms in total. The molecule has 5 heterocycles. The number of carbonyl (C=O) groups excluding carboxylic acids is 2. The Kier molecular flexibility index (Phi) is 10.6. The van der Waals surface area contributed by atoms with Crippen LogP contribution in [0.15, 0.2) is 77.9 Å². The third-order valence-electron chi connectivity index (χ3n) is 9.86. The molecule has 2 amide bonds. The molecule has 0 radical (unpaired) electrons. The molecule has 2 aliphatic rings. The number of nitrogens with one attached hydrogen (secondary N) is 3. The van der Waals surface area contributed by atoms with Gasteiger partial charge in [0.05, 0.1) is 34.3 Å². The van der Waals surface area contributed by atoms with Crippen LogP contribution in [0.3, 0.4) is 0 Å². The summed E-state index contributed by atoms with van der Waals surface area (Å²) in [7, 11) is 3.24. The van der Waals surface area contributed by atoms with Crippen molar-refractivity contribution in [1.29, 1.82) is 0 Å². The SMILES string of the molecule is CNC(=O)[C@H]1CCN(Cc2cnc3cc(-c4cccc(-c5cccc(-c6ccc(CNC[C@H]7CCC(=O)N7)c(OC)n6)c5Cl)c4Cl)ccn3c2=O)C1. The van der Waals surface area contributed by atoms with Crippen LogP contribution in [0.4, 0.5) is 0 Å². The van der Waals surface area contributed by atoms with Crippen molar-refractivity contribution >= 4 is 40.7 Å². The van der Waals surface area contributed by atoms with Gasteiger partial charge in [-0.3, -0.25) is 23.7 Å². The van der Waals surface area contributed by atoms with Crippen molar-refractivity contribution in [2.45, 2.75) is 38.4 Å². The van der Waals surface area contributed by atoms with Crippen molar-refractivity contribution < 1.29 is 14.3 Å². The smallest absolute Gasteiger partial charge is 0.262 e. The first-order valence-electron chi connectivity index (χ1n) is 17.3.